The second kappa shape index (κ2) is 10.6. The average Bonchev–Trinajstić information content (AvgIpc) is 3.39. The van der Waals surface area contributed by atoms with Gasteiger partial charge in [-0.15, -0.1) is 0 Å². The van der Waals surface area contributed by atoms with Crippen LogP contribution in [0.5, 0.6) is 0 Å². The molecule has 6 fully saturated rings. The third-order valence-corrected chi connectivity index (χ3v) is 13.9. The molecule has 0 radical (unpaired) electrons. The summed E-state index contributed by atoms with van der Waals surface area (Å²) in [6.07, 6.45) is -5.09. The summed E-state index contributed by atoms with van der Waals surface area (Å²) in [5.74, 6) is -5.68. The summed E-state index contributed by atoms with van der Waals surface area (Å²) < 4.78 is 35.9. The van der Waals surface area contributed by atoms with E-state index in [0.717, 1.165) is 12.5 Å². The predicted molar refractivity (Wildman–Crippen MR) is 161 cm³/mol. The number of ketones is 1. The van der Waals surface area contributed by atoms with Crippen molar-refractivity contribution in [1.29, 1.82) is 0 Å². The highest BCUT2D eigenvalue weighted by Gasteiger charge is 2.92. The Balaban J connectivity index is 1.42. The van der Waals surface area contributed by atoms with Crippen LogP contribution in [0.25, 0.3) is 0 Å². The smallest absolute Gasteiger partial charge is 0.310 e. The van der Waals surface area contributed by atoms with Crippen LogP contribution < -0.4 is 0 Å². The number of aliphatic hydroxyl groups is 3. The van der Waals surface area contributed by atoms with E-state index < -0.39 is 112 Å². The number of hydrogen-bond donors (Lipinski definition) is 3. The van der Waals surface area contributed by atoms with Crippen molar-refractivity contribution in [3.8, 4) is 0 Å². The molecule has 1 unspecified atom stereocenters. The van der Waals surface area contributed by atoms with Crippen LogP contribution >= 0.6 is 0 Å². The highest BCUT2D eigenvalue weighted by Crippen LogP contribution is 2.82. The van der Waals surface area contributed by atoms with Crippen molar-refractivity contribution in [2.75, 3.05) is 6.61 Å². The molecule has 13 nitrogen and oxygen atoms in total. The molecule has 264 valence electrons. The van der Waals surface area contributed by atoms with Crippen molar-refractivity contribution >= 4 is 23.7 Å². The Morgan fingerprint density at radius 2 is 1.71 bits per heavy atom. The summed E-state index contributed by atoms with van der Waals surface area (Å²) in [6.45, 7) is 10.8. The van der Waals surface area contributed by atoms with Crippen molar-refractivity contribution in [2.45, 2.75) is 122 Å². The average molecular weight is 675 g/mol. The van der Waals surface area contributed by atoms with Gasteiger partial charge in [0.15, 0.2) is 18.0 Å². The van der Waals surface area contributed by atoms with E-state index in [1.54, 1.807) is 33.1 Å². The minimum atomic E-state index is -1.66. The number of carbonyl (C=O) groups excluding carboxylic acids is 4. The molecule has 2 aliphatic heterocycles. The lowest BCUT2D eigenvalue weighted by Crippen LogP contribution is -2.84. The lowest BCUT2D eigenvalue weighted by Gasteiger charge is -2.73. The normalized spacial score (nSPS) is 50.6. The van der Waals surface area contributed by atoms with Gasteiger partial charge in [-0.3, -0.25) is 19.2 Å². The largest absolute Gasteiger partial charge is 0.472 e. The molecule has 3 heterocycles. The molecule has 1 spiro atoms. The summed E-state index contributed by atoms with van der Waals surface area (Å²) in [6, 6.07) is 1.80. The summed E-state index contributed by atoms with van der Waals surface area (Å²) in [4.78, 5) is 53.5. The monoisotopic (exact) mass is 674 g/mol. The molecule has 1 aromatic heterocycles. The maximum Gasteiger partial charge on any atom is 0.310 e. The zero-order valence-corrected chi connectivity index (χ0v) is 28.3. The summed E-state index contributed by atoms with van der Waals surface area (Å²) in [5.41, 5.74) is -6.04. The van der Waals surface area contributed by atoms with E-state index in [0.29, 0.717) is 12.8 Å². The second-order valence-electron chi connectivity index (χ2n) is 15.7. The number of furan rings is 1. The summed E-state index contributed by atoms with van der Waals surface area (Å²) in [5, 5.41) is 37.2. The van der Waals surface area contributed by atoms with E-state index in [4.69, 9.17) is 28.1 Å². The molecule has 16 atom stereocenters. The first-order valence-corrected chi connectivity index (χ1v) is 16.9. The molecule has 4 aliphatic carbocycles. The molecule has 1 aromatic rings. The number of esters is 3. The Hall–Kier alpha value is -2.84. The zero-order chi connectivity index (χ0) is 34.9. The lowest BCUT2D eigenvalue weighted by molar-refractivity contribution is -0.391. The Bertz CT molecular complexity index is 1530. The molecule has 7 rings (SSSR count). The van der Waals surface area contributed by atoms with Gasteiger partial charge >= 0.3 is 17.9 Å². The van der Waals surface area contributed by atoms with Crippen LogP contribution in [0.3, 0.4) is 0 Å². The number of fused-ring (bicyclic) bond motifs is 1. The number of epoxide rings is 1. The second-order valence-corrected chi connectivity index (χ2v) is 15.7. The molecule has 2 saturated heterocycles. The standard InChI is InChI=1S/C35H46O13/c1-8-15(2)29(42)47-30-31(5)20-12-21(38)33(7)25(34(20,14-44-30)27(41)24(45-16(3)36)28(31)46-17(4)37)23(39)26(40)32(6)19(18-9-10-43-13-18)11-22-35(32,33)48-22/h9-10,13,15,19-22,24-28,30,38,40-41H,8,11-12,14H2,1-7H3/t15-,19-,20-,21+,22+,24+,25?,26-,27-,28+,30-,31-,32-,33-,34-,35-/m0/s1. The number of aliphatic hydroxyl groups excluding tert-OH is 3. The molecular weight excluding hydrogens is 628 g/mol. The third-order valence-electron chi connectivity index (χ3n) is 13.9. The number of hydrogen-bond acceptors (Lipinski definition) is 13. The van der Waals surface area contributed by atoms with Gasteiger partial charge in [0.05, 0.1) is 42.7 Å². The highest BCUT2D eigenvalue weighted by molar-refractivity contribution is 5.91. The van der Waals surface area contributed by atoms with E-state index in [9.17, 15) is 29.7 Å². The van der Waals surface area contributed by atoms with Gasteiger partial charge < -0.3 is 43.4 Å². The maximum atomic E-state index is 15.0. The Morgan fingerprint density at radius 3 is 2.31 bits per heavy atom. The first-order valence-electron chi connectivity index (χ1n) is 16.9. The van der Waals surface area contributed by atoms with Crippen LogP contribution in [0.1, 0.15) is 79.2 Å². The van der Waals surface area contributed by atoms with Gasteiger partial charge in [-0.25, -0.2) is 0 Å². The first-order chi connectivity index (χ1) is 22.5. The molecule has 0 amide bonds. The molecule has 2 bridgehead atoms. The van der Waals surface area contributed by atoms with Crippen LogP contribution in [-0.4, -0.2) is 94.1 Å². The van der Waals surface area contributed by atoms with Gasteiger partial charge in [0.25, 0.3) is 0 Å². The molecular formula is C35H46O13. The molecule has 0 aromatic carbocycles. The summed E-state index contributed by atoms with van der Waals surface area (Å²) in [7, 11) is 0. The number of rotatable bonds is 6. The number of ether oxygens (including phenoxy) is 5. The van der Waals surface area contributed by atoms with Crippen LogP contribution in [-0.2, 0) is 42.9 Å². The zero-order valence-electron chi connectivity index (χ0n) is 28.3. The van der Waals surface area contributed by atoms with Crippen LogP contribution in [0.15, 0.2) is 23.0 Å². The van der Waals surface area contributed by atoms with Gasteiger partial charge in [0.2, 0.25) is 6.29 Å². The minimum absolute atomic E-state index is 0.0283. The third kappa shape index (κ3) is 3.74. The van der Waals surface area contributed by atoms with Crippen molar-refractivity contribution < 1.29 is 62.6 Å². The first kappa shape index (κ1) is 33.6. The maximum absolute atomic E-state index is 15.0. The molecule has 13 heteroatoms. The van der Waals surface area contributed by atoms with Crippen molar-refractivity contribution in [3.63, 3.8) is 0 Å². The molecule has 48 heavy (non-hydrogen) atoms. The Labute approximate surface area is 278 Å². The van der Waals surface area contributed by atoms with E-state index in [1.165, 1.54) is 13.2 Å². The van der Waals surface area contributed by atoms with Gasteiger partial charge in [-0.1, -0.05) is 27.7 Å². The van der Waals surface area contributed by atoms with Crippen molar-refractivity contribution in [2.24, 2.45) is 39.4 Å². The van der Waals surface area contributed by atoms with E-state index in [1.807, 2.05) is 13.8 Å². The molecule has 4 saturated carbocycles. The Kier molecular flexibility index (Phi) is 7.42. The quantitative estimate of drug-likeness (QED) is 0.226. The van der Waals surface area contributed by atoms with Gasteiger partial charge in [-0.05, 0) is 43.7 Å². The van der Waals surface area contributed by atoms with Crippen LogP contribution in [0, 0.1) is 39.4 Å². The van der Waals surface area contributed by atoms with E-state index in [-0.39, 0.29) is 18.9 Å². The van der Waals surface area contributed by atoms with E-state index >= 15 is 4.79 Å². The SMILES string of the molecule is CC[C@H](C)C(=O)O[C@@H]1OC[C@@]23C4C(=O)[C@H](O)[C@]5(C)[C@H](c6ccoc6)C[C@H]6O[C@@]65[C@@]4(C)[C@H](O)C[C@H]2[C@@]1(C)[C@H](OC(C)=O)[C@H](OC(C)=O)[C@@H]3O. The molecule has 6 aliphatic rings. The fourth-order valence-electron chi connectivity index (χ4n) is 11.6. The highest BCUT2D eigenvalue weighted by atomic mass is 16.7. The number of carbonyl (C=O) groups is 4. The summed E-state index contributed by atoms with van der Waals surface area (Å²) >= 11 is 0. The van der Waals surface area contributed by atoms with Crippen LogP contribution in [0.4, 0.5) is 0 Å². The van der Waals surface area contributed by atoms with Crippen molar-refractivity contribution in [3.05, 3.63) is 24.2 Å². The van der Waals surface area contributed by atoms with Crippen molar-refractivity contribution in [1.82, 2.24) is 0 Å². The predicted octanol–water partition coefficient (Wildman–Crippen LogP) is 2.03. The molecule has 3 N–H and O–H groups in total. The number of Topliss-reactive ketones (excluding diaryl/α,β-unsaturated/α-hetero) is 1. The van der Waals surface area contributed by atoms with Crippen LogP contribution in [0.2, 0.25) is 0 Å². The minimum Gasteiger partial charge on any atom is -0.472 e. The van der Waals surface area contributed by atoms with Gasteiger partial charge in [0.1, 0.15) is 17.8 Å². The van der Waals surface area contributed by atoms with E-state index in [2.05, 4.69) is 0 Å². The topological polar surface area (TPSA) is 192 Å². The Morgan fingerprint density at radius 1 is 1.02 bits per heavy atom. The lowest BCUT2D eigenvalue weighted by atomic mass is 9.33. The fourth-order valence-corrected chi connectivity index (χ4v) is 11.6. The van der Waals surface area contributed by atoms with Gasteiger partial charge in [0, 0.05) is 41.9 Å². The van der Waals surface area contributed by atoms with Gasteiger partial charge in [-0.2, -0.15) is 0 Å². The fraction of sp³-hybridized carbons (Fsp3) is 0.771.